The SMILES string of the molecule is Nc1cccc2c1N(C(=O)c1ccc(Br)c(Cl)c1)CC2. The van der Waals surface area contributed by atoms with Gasteiger partial charge in [-0.25, -0.2) is 0 Å². The van der Waals surface area contributed by atoms with Gasteiger partial charge in [0.2, 0.25) is 0 Å². The summed E-state index contributed by atoms with van der Waals surface area (Å²) in [5.74, 6) is -0.0731. The Morgan fingerprint density at radius 1 is 1.30 bits per heavy atom. The van der Waals surface area contributed by atoms with Gasteiger partial charge in [-0.2, -0.15) is 0 Å². The Balaban J connectivity index is 1.99. The van der Waals surface area contributed by atoms with Crippen LogP contribution in [0.15, 0.2) is 40.9 Å². The Bertz CT molecular complexity index is 702. The number of nitrogen functional groups attached to an aromatic ring is 1. The molecule has 3 nitrogen and oxygen atoms in total. The highest BCUT2D eigenvalue weighted by Crippen LogP contribution is 2.35. The Morgan fingerprint density at radius 3 is 2.85 bits per heavy atom. The normalized spacial score (nSPS) is 13.4. The van der Waals surface area contributed by atoms with E-state index in [4.69, 9.17) is 17.3 Å². The molecule has 0 radical (unpaired) electrons. The predicted molar refractivity (Wildman–Crippen MR) is 85.4 cm³/mol. The summed E-state index contributed by atoms with van der Waals surface area (Å²) in [5, 5.41) is 0.524. The largest absolute Gasteiger partial charge is 0.397 e. The van der Waals surface area contributed by atoms with Crippen LogP contribution in [-0.4, -0.2) is 12.5 Å². The van der Waals surface area contributed by atoms with Crippen molar-refractivity contribution in [1.82, 2.24) is 0 Å². The van der Waals surface area contributed by atoms with Gasteiger partial charge < -0.3 is 10.6 Å². The molecule has 0 saturated heterocycles. The van der Waals surface area contributed by atoms with Crippen molar-refractivity contribution in [1.29, 1.82) is 0 Å². The highest BCUT2D eigenvalue weighted by molar-refractivity contribution is 9.10. The second-order valence-corrected chi connectivity index (χ2v) is 5.95. The summed E-state index contributed by atoms with van der Waals surface area (Å²) in [6, 6.07) is 11.0. The lowest BCUT2D eigenvalue weighted by molar-refractivity contribution is 0.0989. The van der Waals surface area contributed by atoms with E-state index in [1.807, 2.05) is 18.2 Å². The topological polar surface area (TPSA) is 46.3 Å². The maximum atomic E-state index is 12.6. The number of halogens is 2. The molecule has 102 valence electrons. The van der Waals surface area contributed by atoms with Crippen LogP contribution in [0.5, 0.6) is 0 Å². The lowest BCUT2D eigenvalue weighted by Crippen LogP contribution is -2.29. The van der Waals surface area contributed by atoms with Crippen LogP contribution in [0.3, 0.4) is 0 Å². The first-order valence-electron chi connectivity index (χ1n) is 6.22. The van der Waals surface area contributed by atoms with Gasteiger partial charge in [-0.15, -0.1) is 0 Å². The van der Waals surface area contributed by atoms with Gasteiger partial charge in [0, 0.05) is 16.6 Å². The monoisotopic (exact) mass is 350 g/mol. The molecular formula is C15H12BrClN2O. The molecule has 1 aliphatic rings. The van der Waals surface area contributed by atoms with Crippen LogP contribution >= 0.6 is 27.5 Å². The highest BCUT2D eigenvalue weighted by Gasteiger charge is 2.27. The number of carbonyl (C=O) groups is 1. The number of carbonyl (C=O) groups excluding carboxylic acids is 1. The summed E-state index contributed by atoms with van der Waals surface area (Å²) < 4.78 is 0.775. The Labute approximate surface area is 130 Å². The summed E-state index contributed by atoms with van der Waals surface area (Å²) in [6.45, 7) is 0.649. The minimum absolute atomic E-state index is 0.0731. The van der Waals surface area contributed by atoms with Crippen LogP contribution in [0.4, 0.5) is 11.4 Å². The molecule has 2 aromatic rings. The van der Waals surface area contributed by atoms with Gasteiger partial charge in [0.05, 0.1) is 16.4 Å². The van der Waals surface area contributed by atoms with Crippen LogP contribution < -0.4 is 10.6 Å². The van der Waals surface area contributed by atoms with Crippen molar-refractivity contribution in [3.05, 3.63) is 57.0 Å². The molecule has 1 heterocycles. The molecule has 1 amide bonds. The van der Waals surface area contributed by atoms with E-state index in [-0.39, 0.29) is 5.91 Å². The second kappa shape index (κ2) is 5.11. The highest BCUT2D eigenvalue weighted by atomic mass is 79.9. The number of anilines is 2. The average Bonchev–Trinajstić information content (AvgIpc) is 2.86. The fourth-order valence-electron chi connectivity index (χ4n) is 2.47. The van der Waals surface area contributed by atoms with Crippen molar-refractivity contribution >= 4 is 44.8 Å². The van der Waals surface area contributed by atoms with Crippen molar-refractivity contribution in [2.75, 3.05) is 17.2 Å². The number of hydrogen-bond donors (Lipinski definition) is 1. The van der Waals surface area contributed by atoms with E-state index < -0.39 is 0 Å². The van der Waals surface area contributed by atoms with E-state index in [1.54, 1.807) is 23.1 Å². The second-order valence-electron chi connectivity index (χ2n) is 4.69. The van der Waals surface area contributed by atoms with Gasteiger partial charge in [-0.3, -0.25) is 4.79 Å². The molecular weight excluding hydrogens is 340 g/mol. The van der Waals surface area contributed by atoms with Crippen LogP contribution in [0.25, 0.3) is 0 Å². The maximum Gasteiger partial charge on any atom is 0.258 e. The first-order chi connectivity index (χ1) is 9.58. The lowest BCUT2D eigenvalue weighted by Gasteiger charge is -2.19. The van der Waals surface area contributed by atoms with Crippen molar-refractivity contribution in [3.8, 4) is 0 Å². The number of nitrogens with zero attached hydrogens (tertiary/aromatic N) is 1. The minimum atomic E-state index is -0.0731. The number of benzene rings is 2. The van der Waals surface area contributed by atoms with Gasteiger partial charge in [-0.05, 0) is 52.2 Å². The van der Waals surface area contributed by atoms with Crippen molar-refractivity contribution in [2.24, 2.45) is 0 Å². The molecule has 0 bridgehead atoms. The summed E-state index contributed by atoms with van der Waals surface area (Å²) >= 11 is 9.38. The molecule has 0 saturated carbocycles. The van der Waals surface area contributed by atoms with E-state index in [9.17, 15) is 4.79 Å². The fourth-order valence-corrected chi connectivity index (χ4v) is 2.90. The predicted octanol–water partition coefficient (Wildman–Crippen LogP) is 3.89. The van der Waals surface area contributed by atoms with E-state index >= 15 is 0 Å². The van der Waals surface area contributed by atoms with E-state index in [1.165, 1.54) is 0 Å². The zero-order valence-electron chi connectivity index (χ0n) is 10.6. The van der Waals surface area contributed by atoms with E-state index in [0.717, 1.165) is 22.1 Å². The molecule has 2 N–H and O–H groups in total. The van der Waals surface area contributed by atoms with Crippen LogP contribution in [0.2, 0.25) is 5.02 Å². The van der Waals surface area contributed by atoms with Gasteiger partial charge in [0.1, 0.15) is 0 Å². The summed E-state index contributed by atoms with van der Waals surface area (Å²) in [7, 11) is 0. The van der Waals surface area contributed by atoms with Gasteiger partial charge >= 0.3 is 0 Å². The lowest BCUT2D eigenvalue weighted by atomic mass is 10.1. The first kappa shape index (κ1) is 13.5. The smallest absolute Gasteiger partial charge is 0.258 e. The third-order valence-corrected chi connectivity index (χ3v) is 4.67. The van der Waals surface area contributed by atoms with Crippen molar-refractivity contribution < 1.29 is 4.79 Å². The quantitative estimate of drug-likeness (QED) is 0.792. The summed E-state index contributed by atoms with van der Waals surface area (Å²) in [5.41, 5.74) is 9.15. The number of rotatable bonds is 1. The third-order valence-electron chi connectivity index (χ3n) is 3.44. The van der Waals surface area contributed by atoms with Gasteiger partial charge in [-0.1, -0.05) is 23.7 Å². The van der Waals surface area contributed by atoms with Crippen LogP contribution in [0.1, 0.15) is 15.9 Å². The van der Waals surface area contributed by atoms with Gasteiger partial charge in [0.15, 0.2) is 0 Å². The zero-order valence-corrected chi connectivity index (χ0v) is 12.9. The number of nitrogens with two attached hydrogens (primary N) is 1. The van der Waals surface area contributed by atoms with Crippen LogP contribution in [-0.2, 0) is 6.42 Å². The number of amides is 1. The molecule has 1 aliphatic heterocycles. The summed E-state index contributed by atoms with van der Waals surface area (Å²) in [6.07, 6.45) is 0.830. The minimum Gasteiger partial charge on any atom is -0.397 e. The molecule has 2 aromatic carbocycles. The standard InChI is InChI=1S/C15H12BrClN2O/c16-11-5-4-10(8-12(11)17)15(20)19-7-6-9-2-1-3-13(18)14(9)19/h1-5,8H,6-7,18H2. The van der Waals surface area contributed by atoms with Crippen molar-refractivity contribution in [2.45, 2.75) is 6.42 Å². The molecule has 3 rings (SSSR count). The van der Waals surface area contributed by atoms with E-state index in [0.29, 0.717) is 22.8 Å². The molecule has 0 aromatic heterocycles. The Hall–Kier alpha value is -1.52. The zero-order chi connectivity index (χ0) is 14.3. The average molecular weight is 352 g/mol. The van der Waals surface area contributed by atoms with Crippen LogP contribution in [0, 0.1) is 0 Å². The molecule has 0 fully saturated rings. The molecule has 0 unspecified atom stereocenters. The molecule has 0 spiro atoms. The molecule has 0 aliphatic carbocycles. The Morgan fingerprint density at radius 2 is 2.10 bits per heavy atom. The molecule has 0 atom stereocenters. The molecule has 20 heavy (non-hydrogen) atoms. The number of fused-ring (bicyclic) bond motifs is 1. The third kappa shape index (κ3) is 2.19. The van der Waals surface area contributed by atoms with Crippen molar-refractivity contribution in [3.63, 3.8) is 0 Å². The maximum absolute atomic E-state index is 12.6. The summed E-state index contributed by atoms with van der Waals surface area (Å²) in [4.78, 5) is 14.3. The molecule has 5 heteroatoms. The first-order valence-corrected chi connectivity index (χ1v) is 7.39. The Kier molecular flexibility index (Phi) is 3.44. The number of hydrogen-bond acceptors (Lipinski definition) is 2. The van der Waals surface area contributed by atoms with Gasteiger partial charge in [0.25, 0.3) is 5.91 Å². The van der Waals surface area contributed by atoms with E-state index in [2.05, 4.69) is 15.9 Å². The fraction of sp³-hybridized carbons (Fsp3) is 0.133. The number of para-hydroxylation sites is 1.